The second kappa shape index (κ2) is 6.49. The molecule has 1 heterocycles. The number of nitrogens with two attached hydrogens (primary N) is 1. The van der Waals surface area contributed by atoms with Crippen LogP contribution in [0.5, 0.6) is 0 Å². The molecule has 0 bridgehead atoms. The minimum Gasteiger partial charge on any atom is -0.323 e. The predicted octanol–water partition coefficient (Wildman–Crippen LogP) is 1.98. The second-order valence-electron chi connectivity index (χ2n) is 3.95. The molecule has 4 heteroatoms. The molecule has 0 spiro atoms. The molecule has 2 aromatic rings. The minimum absolute atomic E-state index is 0.0617. The van der Waals surface area contributed by atoms with Gasteiger partial charge < -0.3 is 11.1 Å². The monoisotopic (exact) mass is 247 g/mol. The summed E-state index contributed by atoms with van der Waals surface area (Å²) < 4.78 is 0. The zero-order chi connectivity index (χ0) is 11.9. The number of hydrogen-bond acceptors (Lipinski definition) is 4. The Kier molecular flexibility index (Phi) is 4.67. The van der Waals surface area contributed by atoms with E-state index in [9.17, 15) is 0 Å². The quantitative estimate of drug-likeness (QED) is 0.767. The fourth-order valence-corrected chi connectivity index (χ4v) is 2.25. The Bertz CT molecular complexity index is 413. The molecule has 1 aromatic heterocycles. The van der Waals surface area contributed by atoms with Gasteiger partial charge in [0.15, 0.2) is 0 Å². The van der Waals surface area contributed by atoms with Gasteiger partial charge in [-0.1, -0.05) is 30.3 Å². The maximum atomic E-state index is 6.08. The van der Waals surface area contributed by atoms with Gasteiger partial charge in [-0.05, 0) is 5.56 Å². The Hall–Kier alpha value is -1.23. The Labute approximate surface area is 106 Å². The predicted molar refractivity (Wildman–Crippen MR) is 72.1 cm³/mol. The molecule has 0 saturated carbocycles. The first-order valence-corrected chi connectivity index (χ1v) is 6.69. The van der Waals surface area contributed by atoms with Crippen molar-refractivity contribution in [3.05, 3.63) is 52.5 Å². The molecule has 1 aromatic carbocycles. The topological polar surface area (TPSA) is 50.9 Å². The first-order chi connectivity index (χ1) is 8.36. The van der Waals surface area contributed by atoms with E-state index < -0.39 is 0 Å². The molecular formula is C13H17N3S. The van der Waals surface area contributed by atoms with Gasteiger partial charge in [0.25, 0.3) is 0 Å². The number of nitrogens with one attached hydrogen (secondary N) is 1. The van der Waals surface area contributed by atoms with E-state index in [0.717, 1.165) is 25.2 Å². The summed E-state index contributed by atoms with van der Waals surface area (Å²) in [7, 11) is 0. The van der Waals surface area contributed by atoms with Crippen molar-refractivity contribution in [3.63, 3.8) is 0 Å². The van der Waals surface area contributed by atoms with Gasteiger partial charge in [0.2, 0.25) is 0 Å². The normalized spacial score (nSPS) is 12.5. The average Bonchev–Trinajstić information content (AvgIpc) is 2.88. The summed E-state index contributed by atoms with van der Waals surface area (Å²) in [6, 6.07) is 10.2. The Morgan fingerprint density at radius 2 is 2.12 bits per heavy atom. The van der Waals surface area contributed by atoms with Gasteiger partial charge in [-0.15, -0.1) is 11.3 Å². The van der Waals surface area contributed by atoms with Crippen molar-refractivity contribution < 1.29 is 0 Å². The van der Waals surface area contributed by atoms with Crippen LogP contribution in [0, 0.1) is 0 Å². The highest BCUT2D eigenvalue weighted by molar-refractivity contribution is 7.07. The summed E-state index contributed by atoms with van der Waals surface area (Å²) in [6.07, 6.45) is 0.963. The van der Waals surface area contributed by atoms with Crippen molar-refractivity contribution in [2.75, 3.05) is 13.1 Å². The second-order valence-corrected chi connectivity index (χ2v) is 4.67. The number of thiazole rings is 1. The average molecular weight is 247 g/mol. The SMILES string of the molecule is NC(CNCCc1cscn1)c1ccccc1. The van der Waals surface area contributed by atoms with Crippen LogP contribution >= 0.6 is 11.3 Å². The van der Waals surface area contributed by atoms with Crippen LogP contribution in [0.2, 0.25) is 0 Å². The van der Waals surface area contributed by atoms with Crippen LogP contribution in [0.4, 0.5) is 0 Å². The van der Waals surface area contributed by atoms with Gasteiger partial charge >= 0.3 is 0 Å². The van der Waals surface area contributed by atoms with Crippen LogP contribution in [-0.2, 0) is 6.42 Å². The van der Waals surface area contributed by atoms with Gasteiger partial charge in [0.05, 0.1) is 11.2 Å². The van der Waals surface area contributed by atoms with E-state index in [1.54, 1.807) is 11.3 Å². The lowest BCUT2D eigenvalue weighted by Gasteiger charge is -2.12. The van der Waals surface area contributed by atoms with Crippen LogP contribution in [0.25, 0.3) is 0 Å². The van der Waals surface area contributed by atoms with Gasteiger partial charge in [-0.25, -0.2) is 4.98 Å². The van der Waals surface area contributed by atoms with E-state index in [-0.39, 0.29) is 6.04 Å². The van der Waals surface area contributed by atoms with Crippen molar-refractivity contribution in [3.8, 4) is 0 Å². The number of nitrogens with zero attached hydrogens (tertiary/aromatic N) is 1. The van der Waals surface area contributed by atoms with Crippen LogP contribution < -0.4 is 11.1 Å². The van der Waals surface area contributed by atoms with E-state index >= 15 is 0 Å². The zero-order valence-electron chi connectivity index (χ0n) is 9.67. The van der Waals surface area contributed by atoms with Crippen molar-refractivity contribution in [1.29, 1.82) is 0 Å². The van der Waals surface area contributed by atoms with Gasteiger partial charge in [-0.3, -0.25) is 0 Å². The van der Waals surface area contributed by atoms with Gasteiger partial charge in [-0.2, -0.15) is 0 Å². The molecule has 0 saturated heterocycles. The number of benzene rings is 1. The summed E-state index contributed by atoms with van der Waals surface area (Å²) in [5.41, 5.74) is 10.3. The van der Waals surface area contributed by atoms with E-state index in [1.807, 2.05) is 23.7 Å². The van der Waals surface area contributed by atoms with Gasteiger partial charge in [0.1, 0.15) is 0 Å². The Morgan fingerprint density at radius 1 is 1.29 bits per heavy atom. The molecule has 2 rings (SSSR count). The summed E-state index contributed by atoms with van der Waals surface area (Å²) in [5.74, 6) is 0. The summed E-state index contributed by atoms with van der Waals surface area (Å²) in [5, 5.41) is 5.44. The fraction of sp³-hybridized carbons (Fsp3) is 0.308. The van der Waals surface area contributed by atoms with Crippen molar-refractivity contribution in [2.24, 2.45) is 5.73 Å². The summed E-state index contributed by atoms with van der Waals surface area (Å²) in [6.45, 7) is 1.72. The lowest BCUT2D eigenvalue weighted by atomic mass is 10.1. The first-order valence-electron chi connectivity index (χ1n) is 5.74. The molecule has 0 aliphatic heterocycles. The largest absolute Gasteiger partial charge is 0.323 e. The lowest BCUT2D eigenvalue weighted by molar-refractivity contribution is 0.597. The standard InChI is InChI=1S/C13H17N3S/c14-13(11-4-2-1-3-5-11)8-15-7-6-12-9-17-10-16-12/h1-5,9-10,13,15H,6-8,14H2. The third kappa shape index (κ3) is 3.93. The van der Waals surface area contributed by atoms with E-state index in [2.05, 4.69) is 27.8 Å². The molecule has 3 nitrogen and oxygen atoms in total. The number of aromatic nitrogens is 1. The van der Waals surface area contributed by atoms with E-state index in [1.165, 1.54) is 5.56 Å². The van der Waals surface area contributed by atoms with Crippen LogP contribution in [-0.4, -0.2) is 18.1 Å². The highest BCUT2D eigenvalue weighted by Gasteiger charge is 2.04. The van der Waals surface area contributed by atoms with Crippen molar-refractivity contribution >= 4 is 11.3 Å². The summed E-state index contributed by atoms with van der Waals surface area (Å²) >= 11 is 1.64. The molecule has 0 aliphatic carbocycles. The van der Waals surface area contributed by atoms with E-state index in [4.69, 9.17) is 5.73 Å². The molecule has 1 unspecified atom stereocenters. The Balaban J connectivity index is 1.68. The van der Waals surface area contributed by atoms with Crippen LogP contribution in [0.3, 0.4) is 0 Å². The van der Waals surface area contributed by atoms with Crippen molar-refractivity contribution in [2.45, 2.75) is 12.5 Å². The number of rotatable bonds is 6. The Morgan fingerprint density at radius 3 is 2.82 bits per heavy atom. The lowest BCUT2D eigenvalue weighted by Crippen LogP contribution is -2.28. The maximum absolute atomic E-state index is 6.08. The molecule has 3 N–H and O–H groups in total. The third-order valence-corrected chi connectivity index (χ3v) is 3.27. The molecule has 90 valence electrons. The zero-order valence-corrected chi connectivity index (χ0v) is 10.5. The fourth-order valence-electron chi connectivity index (χ4n) is 1.65. The van der Waals surface area contributed by atoms with E-state index in [0.29, 0.717) is 0 Å². The molecule has 0 radical (unpaired) electrons. The minimum atomic E-state index is 0.0617. The molecular weight excluding hydrogens is 230 g/mol. The smallest absolute Gasteiger partial charge is 0.0794 e. The van der Waals surface area contributed by atoms with Crippen molar-refractivity contribution in [1.82, 2.24) is 10.3 Å². The third-order valence-electron chi connectivity index (χ3n) is 2.63. The molecule has 0 fully saturated rings. The molecule has 0 aliphatic rings. The summed E-state index contributed by atoms with van der Waals surface area (Å²) in [4.78, 5) is 4.24. The highest BCUT2D eigenvalue weighted by atomic mass is 32.1. The molecule has 1 atom stereocenters. The van der Waals surface area contributed by atoms with Crippen LogP contribution in [0.15, 0.2) is 41.2 Å². The van der Waals surface area contributed by atoms with Gasteiger partial charge in [0, 0.05) is 30.9 Å². The van der Waals surface area contributed by atoms with Crippen LogP contribution in [0.1, 0.15) is 17.3 Å². The maximum Gasteiger partial charge on any atom is 0.0794 e. The molecule has 0 amide bonds. The highest BCUT2D eigenvalue weighted by Crippen LogP contribution is 2.07. The number of hydrogen-bond donors (Lipinski definition) is 2. The molecule has 17 heavy (non-hydrogen) atoms. The first kappa shape index (κ1) is 12.2.